The van der Waals surface area contributed by atoms with Crippen LogP contribution in [0.15, 0.2) is 35.7 Å². The minimum atomic E-state index is -0.507. The van der Waals surface area contributed by atoms with E-state index in [4.69, 9.17) is 4.74 Å². The second-order valence-electron chi connectivity index (χ2n) is 6.59. The standard InChI is InChI=1S/C18H23N3O3S/c1-13-12-25-17(19-13)20-15(22)10-21(18(2,3)4)16(23)11-24-14-8-6-5-7-9-14/h5-9,12H,10-11H2,1-4H3,(H,19,20,22). The minimum Gasteiger partial charge on any atom is -0.484 e. The van der Waals surface area contributed by atoms with Gasteiger partial charge in [0.1, 0.15) is 12.3 Å². The molecule has 0 radical (unpaired) electrons. The van der Waals surface area contributed by atoms with Gasteiger partial charge in [0.25, 0.3) is 5.91 Å². The van der Waals surface area contributed by atoms with Gasteiger partial charge in [-0.05, 0) is 39.8 Å². The van der Waals surface area contributed by atoms with Gasteiger partial charge in [0.05, 0.1) is 5.69 Å². The molecule has 2 aromatic rings. The van der Waals surface area contributed by atoms with E-state index < -0.39 is 5.54 Å². The van der Waals surface area contributed by atoms with Gasteiger partial charge >= 0.3 is 0 Å². The Morgan fingerprint density at radius 1 is 1.24 bits per heavy atom. The second kappa shape index (κ2) is 8.11. The molecule has 1 aromatic carbocycles. The number of carbonyl (C=O) groups is 2. The molecule has 2 amide bonds. The molecule has 0 atom stereocenters. The highest BCUT2D eigenvalue weighted by Crippen LogP contribution is 2.17. The number of aromatic nitrogens is 1. The van der Waals surface area contributed by atoms with Gasteiger partial charge in [-0.2, -0.15) is 0 Å². The molecule has 0 aliphatic carbocycles. The summed E-state index contributed by atoms with van der Waals surface area (Å²) < 4.78 is 5.51. The number of anilines is 1. The average molecular weight is 361 g/mol. The Morgan fingerprint density at radius 2 is 1.92 bits per heavy atom. The Morgan fingerprint density at radius 3 is 2.48 bits per heavy atom. The van der Waals surface area contributed by atoms with Crippen molar-refractivity contribution >= 4 is 28.3 Å². The Bertz CT molecular complexity index is 723. The monoisotopic (exact) mass is 361 g/mol. The summed E-state index contributed by atoms with van der Waals surface area (Å²) in [5.41, 5.74) is 0.341. The lowest BCUT2D eigenvalue weighted by atomic mass is 10.1. The molecule has 7 heteroatoms. The molecular formula is C18H23N3O3S. The molecule has 25 heavy (non-hydrogen) atoms. The van der Waals surface area contributed by atoms with Gasteiger partial charge in [-0.15, -0.1) is 11.3 Å². The van der Waals surface area contributed by atoms with Gasteiger partial charge in [-0.25, -0.2) is 4.98 Å². The van der Waals surface area contributed by atoms with E-state index in [2.05, 4.69) is 10.3 Å². The van der Waals surface area contributed by atoms with E-state index in [1.807, 2.05) is 51.3 Å². The first-order valence-corrected chi connectivity index (χ1v) is 8.84. The number of hydrogen-bond donors (Lipinski definition) is 1. The zero-order valence-corrected chi connectivity index (χ0v) is 15.7. The van der Waals surface area contributed by atoms with Crippen LogP contribution in [-0.2, 0) is 9.59 Å². The molecule has 0 aliphatic rings. The summed E-state index contributed by atoms with van der Waals surface area (Å²) in [6.07, 6.45) is 0. The SMILES string of the molecule is Cc1csc(NC(=O)CN(C(=O)COc2ccccc2)C(C)(C)C)n1. The summed E-state index contributed by atoms with van der Waals surface area (Å²) in [4.78, 5) is 30.5. The largest absolute Gasteiger partial charge is 0.484 e. The smallest absolute Gasteiger partial charge is 0.261 e. The van der Waals surface area contributed by atoms with Crippen molar-refractivity contribution in [3.63, 3.8) is 0 Å². The Balaban J connectivity index is 1.97. The molecule has 6 nitrogen and oxygen atoms in total. The first-order valence-electron chi connectivity index (χ1n) is 7.96. The molecule has 2 rings (SSSR count). The fourth-order valence-corrected chi connectivity index (χ4v) is 2.86. The molecule has 1 aromatic heterocycles. The number of ether oxygens (including phenoxy) is 1. The van der Waals surface area contributed by atoms with Crippen LogP contribution in [-0.4, -0.2) is 40.4 Å². The van der Waals surface area contributed by atoms with Crippen molar-refractivity contribution in [2.75, 3.05) is 18.5 Å². The topological polar surface area (TPSA) is 71.5 Å². The lowest BCUT2D eigenvalue weighted by molar-refractivity contribution is -0.141. The second-order valence-corrected chi connectivity index (χ2v) is 7.45. The molecule has 0 aliphatic heterocycles. The van der Waals surface area contributed by atoms with E-state index in [1.54, 1.807) is 12.1 Å². The van der Waals surface area contributed by atoms with Crippen molar-refractivity contribution in [3.05, 3.63) is 41.4 Å². The van der Waals surface area contributed by atoms with Crippen LogP contribution in [0, 0.1) is 6.92 Å². The van der Waals surface area contributed by atoms with Crippen LogP contribution in [0.3, 0.4) is 0 Å². The van der Waals surface area contributed by atoms with E-state index in [0.717, 1.165) is 5.69 Å². The van der Waals surface area contributed by atoms with E-state index in [9.17, 15) is 9.59 Å². The number of carbonyl (C=O) groups excluding carboxylic acids is 2. The number of hydrogen-bond acceptors (Lipinski definition) is 5. The maximum atomic E-state index is 12.6. The van der Waals surface area contributed by atoms with Crippen molar-refractivity contribution in [2.24, 2.45) is 0 Å². The quantitative estimate of drug-likeness (QED) is 0.858. The van der Waals surface area contributed by atoms with E-state index in [0.29, 0.717) is 10.9 Å². The Hall–Kier alpha value is -2.41. The number of amides is 2. The molecule has 0 saturated carbocycles. The highest BCUT2D eigenvalue weighted by Gasteiger charge is 2.29. The molecule has 0 saturated heterocycles. The van der Waals surface area contributed by atoms with Crippen LogP contribution in [0.25, 0.3) is 0 Å². The Kier molecular flexibility index (Phi) is 6.14. The zero-order valence-electron chi connectivity index (χ0n) is 14.9. The third-order valence-electron chi connectivity index (χ3n) is 3.38. The van der Waals surface area contributed by atoms with Crippen LogP contribution >= 0.6 is 11.3 Å². The van der Waals surface area contributed by atoms with Crippen LogP contribution in [0.5, 0.6) is 5.75 Å². The summed E-state index contributed by atoms with van der Waals surface area (Å²) in [5.74, 6) is 0.0894. The Labute approximate surface area is 151 Å². The lowest BCUT2D eigenvalue weighted by Crippen LogP contribution is -2.51. The third kappa shape index (κ3) is 5.86. The van der Waals surface area contributed by atoms with Crippen molar-refractivity contribution < 1.29 is 14.3 Å². The summed E-state index contributed by atoms with van der Waals surface area (Å²) >= 11 is 1.36. The minimum absolute atomic E-state index is 0.0564. The number of thiazole rings is 1. The summed E-state index contributed by atoms with van der Waals surface area (Å²) in [6, 6.07) is 9.12. The predicted molar refractivity (Wildman–Crippen MR) is 98.9 cm³/mol. The maximum Gasteiger partial charge on any atom is 0.261 e. The van der Waals surface area contributed by atoms with Gasteiger partial charge in [0.15, 0.2) is 11.7 Å². The van der Waals surface area contributed by atoms with E-state index in [-0.39, 0.29) is 25.0 Å². The number of rotatable bonds is 6. The maximum absolute atomic E-state index is 12.6. The number of aryl methyl sites for hydroxylation is 1. The molecule has 1 N–H and O–H groups in total. The zero-order chi connectivity index (χ0) is 18.4. The van der Waals surface area contributed by atoms with Crippen LogP contribution in [0.4, 0.5) is 5.13 Å². The number of benzene rings is 1. The number of nitrogens with one attached hydrogen (secondary N) is 1. The number of para-hydroxylation sites is 1. The highest BCUT2D eigenvalue weighted by molar-refractivity contribution is 7.13. The van der Waals surface area contributed by atoms with Gasteiger partial charge in [-0.1, -0.05) is 18.2 Å². The van der Waals surface area contributed by atoms with Crippen LogP contribution in [0.1, 0.15) is 26.5 Å². The van der Waals surface area contributed by atoms with Gasteiger partial charge in [-0.3, -0.25) is 9.59 Å². The molecule has 0 spiro atoms. The fourth-order valence-electron chi connectivity index (χ4n) is 2.15. The van der Waals surface area contributed by atoms with Crippen molar-refractivity contribution in [1.29, 1.82) is 0 Å². The lowest BCUT2D eigenvalue weighted by Gasteiger charge is -2.35. The normalized spacial score (nSPS) is 11.0. The molecule has 0 unspecified atom stereocenters. The van der Waals surface area contributed by atoms with Crippen molar-refractivity contribution in [1.82, 2.24) is 9.88 Å². The van der Waals surface area contributed by atoms with E-state index >= 15 is 0 Å². The summed E-state index contributed by atoms with van der Waals surface area (Å²) in [6.45, 7) is 7.33. The third-order valence-corrected chi connectivity index (χ3v) is 4.26. The van der Waals surface area contributed by atoms with Gasteiger partial charge in [0, 0.05) is 10.9 Å². The average Bonchev–Trinajstić information content (AvgIpc) is 2.95. The summed E-state index contributed by atoms with van der Waals surface area (Å²) in [7, 11) is 0. The first kappa shape index (κ1) is 18.9. The van der Waals surface area contributed by atoms with E-state index in [1.165, 1.54) is 16.2 Å². The van der Waals surface area contributed by atoms with Gasteiger partial charge in [0.2, 0.25) is 5.91 Å². The molecular weight excluding hydrogens is 338 g/mol. The van der Waals surface area contributed by atoms with Crippen molar-refractivity contribution in [2.45, 2.75) is 33.2 Å². The molecule has 134 valence electrons. The molecule has 0 fully saturated rings. The highest BCUT2D eigenvalue weighted by atomic mass is 32.1. The van der Waals surface area contributed by atoms with Crippen molar-refractivity contribution in [3.8, 4) is 5.75 Å². The molecule has 1 heterocycles. The summed E-state index contributed by atoms with van der Waals surface area (Å²) in [5, 5.41) is 5.12. The number of nitrogens with zero attached hydrogens (tertiary/aromatic N) is 2. The van der Waals surface area contributed by atoms with Crippen LogP contribution < -0.4 is 10.1 Å². The first-order chi connectivity index (χ1) is 11.8. The molecule has 0 bridgehead atoms. The van der Waals surface area contributed by atoms with Gasteiger partial charge < -0.3 is 15.0 Å². The fraction of sp³-hybridized carbons (Fsp3) is 0.389. The predicted octanol–water partition coefficient (Wildman–Crippen LogP) is 3.10. The van der Waals surface area contributed by atoms with Crippen LogP contribution in [0.2, 0.25) is 0 Å².